The molecule has 2 heteroatoms. The summed E-state index contributed by atoms with van der Waals surface area (Å²) in [5.74, 6) is 5.83. The van der Waals surface area contributed by atoms with Crippen LogP contribution in [0.25, 0.3) is 0 Å². The highest BCUT2D eigenvalue weighted by Crippen LogP contribution is 2.42. The van der Waals surface area contributed by atoms with E-state index in [1.165, 1.54) is 0 Å². The van der Waals surface area contributed by atoms with Crippen molar-refractivity contribution in [3.05, 3.63) is 0 Å². The molecule has 0 bridgehead atoms. The molecule has 0 aromatic carbocycles. The van der Waals surface area contributed by atoms with Crippen LogP contribution >= 0.6 is 0 Å². The van der Waals surface area contributed by atoms with E-state index < -0.39 is 5.60 Å². The maximum Gasteiger partial charge on any atom is 0.176 e. The number of rotatable bonds is 4. The first kappa shape index (κ1) is 14.3. The maximum atomic E-state index is 12.3. The van der Waals surface area contributed by atoms with E-state index >= 15 is 0 Å². The van der Waals surface area contributed by atoms with Crippen molar-refractivity contribution < 1.29 is 9.53 Å². The monoisotopic (exact) mass is 236 g/mol. The predicted molar refractivity (Wildman–Crippen MR) is 69.7 cm³/mol. The van der Waals surface area contributed by atoms with Crippen molar-refractivity contribution in [3.8, 4) is 11.8 Å². The van der Waals surface area contributed by atoms with Gasteiger partial charge in [0.05, 0.1) is 6.42 Å². The molecule has 0 atom stereocenters. The van der Waals surface area contributed by atoms with E-state index in [9.17, 15) is 4.79 Å². The first-order chi connectivity index (χ1) is 7.96. The average molecular weight is 236 g/mol. The van der Waals surface area contributed by atoms with Gasteiger partial charge in [-0.25, -0.2) is 0 Å². The molecule has 0 N–H and O–H groups in total. The molecule has 96 valence electrons. The van der Waals surface area contributed by atoms with Gasteiger partial charge >= 0.3 is 0 Å². The van der Waals surface area contributed by atoms with Crippen molar-refractivity contribution in [1.29, 1.82) is 0 Å². The molecule has 1 fully saturated rings. The minimum atomic E-state index is -0.547. The highest BCUT2D eigenvalue weighted by Gasteiger charge is 2.43. The van der Waals surface area contributed by atoms with E-state index in [0.29, 0.717) is 18.4 Å². The number of carbonyl (C=O) groups excluding carboxylic acids is 1. The van der Waals surface area contributed by atoms with Crippen LogP contribution in [-0.4, -0.2) is 18.0 Å². The molecule has 1 saturated carbocycles. The molecule has 0 unspecified atom stereocenters. The summed E-state index contributed by atoms with van der Waals surface area (Å²) in [6, 6.07) is 0. The van der Waals surface area contributed by atoms with Crippen molar-refractivity contribution in [2.75, 3.05) is 6.61 Å². The van der Waals surface area contributed by atoms with Crippen molar-refractivity contribution >= 4 is 5.78 Å². The standard InChI is InChI=1S/C15H24O2/c1-5-7-8-13(16)15(17-6-2)11-9-14(3,4)10-12-15/h6,8-12H2,1-4H3. The Bertz CT molecular complexity index is 321. The van der Waals surface area contributed by atoms with Gasteiger partial charge in [0.25, 0.3) is 0 Å². The summed E-state index contributed by atoms with van der Waals surface area (Å²) in [7, 11) is 0. The van der Waals surface area contributed by atoms with E-state index in [1.54, 1.807) is 6.92 Å². The van der Waals surface area contributed by atoms with Gasteiger partial charge < -0.3 is 4.74 Å². The lowest BCUT2D eigenvalue weighted by Gasteiger charge is -2.42. The lowest BCUT2D eigenvalue weighted by atomic mass is 9.69. The Kier molecular flexibility index (Phi) is 4.77. The fourth-order valence-electron chi connectivity index (χ4n) is 2.44. The van der Waals surface area contributed by atoms with Crippen LogP contribution in [0.4, 0.5) is 0 Å². The molecule has 0 aliphatic heterocycles. The SMILES string of the molecule is CC#CCC(=O)C1(OCC)CCC(C)(C)CC1. The second kappa shape index (κ2) is 5.69. The number of hydrogen-bond acceptors (Lipinski definition) is 2. The molecule has 0 amide bonds. The zero-order valence-corrected chi connectivity index (χ0v) is 11.6. The van der Waals surface area contributed by atoms with E-state index in [-0.39, 0.29) is 5.78 Å². The molecule has 17 heavy (non-hydrogen) atoms. The molecule has 1 aliphatic rings. The quantitative estimate of drug-likeness (QED) is 0.700. The topological polar surface area (TPSA) is 26.3 Å². The Labute approximate surface area is 105 Å². The summed E-state index contributed by atoms with van der Waals surface area (Å²) < 4.78 is 5.81. The Morgan fingerprint density at radius 2 is 1.82 bits per heavy atom. The maximum absolute atomic E-state index is 12.3. The van der Waals surface area contributed by atoms with Crippen molar-refractivity contribution in [3.63, 3.8) is 0 Å². The number of carbonyl (C=O) groups is 1. The van der Waals surface area contributed by atoms with Gasteiger partial charge in [0.1, 0.15) is 5.60 Å². The molecule has 0 aromatic heterocycles. The Morgan fingerprint density at radius 1 is 1.24 bits per heavy atom. The smallest absolute Gasteiger partial charge is 0.176 e. The van der Waals surface area contributed by atoms with Gasteiger partial charge in [-0.15, -0.1) is 5.92 Å². The molecule has 0 aromatic rings. The number of Topliss-reactive ketones (excluding diaryl/α,β-unsaturated/α-hetero) is 1. The Morgan fingerprint density at radius 3 is 2.29 bits per heavy atom. The van der Waals surface area contributed by atoms with Gasteiger partial charge in [0.15, 0.2) is 5.78 Å². The molecule has 2 nitrogen and oxygen atoms in total. The van der Waals surface area contributed by atoms with Crippen molar-refractivity contribution in [1.82, 2.24) is 0 Å². The summed E-state index contributed by atoms with van der Waals surface area (Å²) in [5.41, 5.74) is -0.203. The first-order valence-corrected chi connectivity index (χ1v) is 6.53. The first-order valence-electron chi connectivity index (χ1n) is 6.53. The van der Waals surface area contributed by atoms with E-state index in [1.807, 2.05) is 6.92 Å². The highest BCUT2D eigenvalue weighted by atomic mass is 16.5. The largest absolute Gasteiger partial charge is 0.367 e. The van der Waals surface area contributed by atoms with Crippen molar-refractivity contribution in [2.45, 2.75) is 65.4 Å². The summed E-state index contributed by atoms with van der Waals surface area (Å²) in [6.07, 6.45) is 4.13. The van der Waals surface area contributed by atoms with Gasteiger partial charge in [-0.3, -0.25) is 4.79 Å². The summed E-state index contributed by atoms with van der Waals surface area (Å²) in [4.78, 5) is 12.3. The van der Waals surface area contributed by atoms with E-state index in [0.717, 1.165) is 25.7 Å². The van der Waals surface area contributed by atoms with Gasteiger partial charge in [-0.2, -0.15) is 0 Å². The normalized spacial score (nSPS) is 21.4. The zero-order valence-electron chi connectivity index (χ0n) is 11.6. The van der Waals surface area contributed by atoms with Gasteiger partial charge in [-0.1, -0.05) is 19.8 Å². The lowest BCUT2D eigenvalue weighted by molar-refractivity contribution is -0.151. The molecule has 0 spiro atoms. The lowest BCUT2D eigenvalue weighted by Crippen LogP contribution is -2.46. The zero-order chi connectivity index (χ0) is 12.9. The van der Waals surface area contributed by atoms with Crippen LogP contribution < -0.4 is 0 Å². The van der Waals surface area contributed by atoms with Crippen LogP contribution in [0, 0.1) is 17.3 Å². The van der Waals surface area contributed by atoms with Crippen LogP contribution in [0.5, 0.6) is 0 Å². The second-order valence-corrected chi connectivity index (χ2v) is 5.62. The third-order valence-corrected chi connectivity index (χ3v) is 3.77. The predicted octanol–water partition coefficient (Wildman–Crippen LogP) is 3.34. The number of hydrogen-bond donors (Lipinski definition) is 0. The third kappa shape index (κ3) is 3.57. The highest BCUT2D eigenvalue weighted by molar-refractivity contribution is 5.89. The van der Waals surface area contributed by atoms with E-state index in [2.05, 4.69) is 25.7 Å². The van der Waals surface area contributed by atoms with E-state index in [4.69, 9.17) is 4.74 Å². The minimum Gasteiger partial charge on any atom is -0.367 e. The van der Waals surface area contributed by atoms with Gasteiger partial charge in [-0.05, 0) is 44.9 Å². The van der Waals surface area contributed by atoms with Crippen LogP contribution in [0.1, 0.15) is 59.8 Å². The molecule has 0 radical (unpaired) electrons. The second-order valence-electron chi connectivity index (χ2n) is 5.62. The van der Waals surface area contributed by atoms with Crippen LogP contribution in [-0.2, 0) is 9.53 Å². The summed E-state index contributed by atoms with van der Waals surface area (Å²) in [5, 5.41) is 0. The third-order valence-electron chi connectivity index (χ3n) is 3.77. The van der Waals surface area contributed by atoms with Crippen molar-refractivity contribution in [2.24, 2.45) is 5.41 Å². The summed E-state index contributed by atoms with van der Waals surface area (Å²) >= 11 is 0. The van der Waals surface area contributed by atoms with Gasteiger partial charge in [0, 0.05) is 6.61 Å². The fraction of sp³-hybridized carbons (Fsp3) is 0.800. The number of ketones is 1. The number of ether oxygens (including phenoxy) is 1. The van der Waals surface area contributed by atoms with Crippen LogP contribution in [0.15, 0.2) is 0 Å². The molecular weight excluding hydrogens is 212 g/mol. The summed E-state index contributed by atoms with van der Waals surface area (Å²) in [6.45, 7) is 8.86. The molecule has 0 saturated heterocycles. The fourth-order valence-corrected chi connectivity index (χ4v) is 2.44. The minimum absolute atomic E-state index is 0.171. The van der Waals surface area contributed by atoms with Gasteiger partial charge in [0.2, 0.25) is 0 Å². The van der Waals surface area contributed by atoms with Crippen LogP contribution in [0.2, 0.25) is 0 Å². The molecular formula is C15H24O2. The Balaban J connectivity index is 2.76. The molecule has 1 aliphatic carbocycles. The molecule has 1 rings (SSSR count). The Hall–Kier alpha value is -0.810. The average Bonchev–Trinajstić information content (AvgIpc) is 2.29. The van der Waals surface area contributed by atoms with Crippen LogP contribution in [0.3, 0.4) is 0 Å². The molecule has 0 heterocycles.